The molecule has 116 valence electrons. The van der Waals surface area contributed by atoms with Crippen molar-refractivity contribution in [3.8, 4) is 0 Å². The minimum absolute atomic E-state index is 0.0896. The van der Waals surface area contributed by atoms with Crippen LogP contribution in [0.25, 0.3) is 0 Å². The van der Waals surface area contributed by atoms with Gasteiger partial charge in [-0.25, -0.2) is 0 Å². The molecule has 0 bridgehead atoms. The van der Waals surface area contributed by atoms with Gasteiger partial charge in [0.2, 0.25) is 0 Å². The van der Waals surface area contributed by atoms with Crippen LogP contribution in [-0.2, 0) is 4.74 Å². The molecule has 1 aliphatic carbocycles. The van der Waals surface area contributed by atoms with Crippen LogP contribution in [-0.4, -0.2) is 39.8 Å². The number of anilines is 2. The molecule has 0 atom stereocenters. The van der Waals surface area contributed by atoms with Crippen LogP contribution >= 0.6 is 0 Å². The van der Waals surface area contributed by atoms with Crippen LogP contribution in [0.15, 0.2) is 18.2 Å². The number of benzene rings is 1. The predicted molar refractivity (Wildman–Crippen MR) is 85.7 cm³/mol. The highest BCUT2D eigenvalue weighted by Crippen LogP contribution is 2.28. The largest absolute Gasteiger partial charge is 0.399 e. The van der Waals surface area contributed by atoms with Crippen LogP contribution in [0.2, 0.25) is 0 Å². The van der Waals surface area contributed by atoms with E-state index in [9.17, 15) is 4.79 Å². The molecule has 5 heteroatoms. The van der Waals surface area contributed by atoms with Crippen molar-refractivity contribution in [1.82, 2.24) is 5.32 Å². The third-order valence-corrected chi connectivity index (χ3v) is 3.55. The first kappa shape index (κ1) is 15.6. The highest BCUT2D eigenvalue weighted by Gasteiger charge is 2.20. The second-order valence-corrected chi connectivity index (χ2v) is 5.80. The third kappa shape index (κ3) is 4.93. The summed E-state index contributed by atoms with van der Waals surface area (Å²) >= 11 is 0. The van der Waals surface area contributed by atoms with Crippen molar-refractivity contribution in [2.45, 2.75) is 19.3 Å². The fraction of sp³-hybridized carbons (Fsp3) is 0.562. The monoisotopic (exact) mass is 291 g/mol. The molecule has 0 aliphatic heterocycles. The molecule has 1 saturated carbocycles. The van der Waals surface area contributed by atoms with E-state index in [1.165, 1.54) is 12.8 Å². The lowest BCUT2D eigenvalue weighted by Crippen LogP contribution is -2.27. The fourth-order valence-corrected chi connectivity index (χ4v) is 2.13. The van der Waals surface area contributed by atoms with Gasteiger partial charge >= 0.3 is 0 Å². The van der Waals surface area contributed by atoms with Gasteiger partial charge in [-0.2, -0.15) is 0 Å². The van der Waals surface area contributed by atoms with Gasteiger partial charge in [0.15, 0.2) is 0 Å². The first-order valence-corrected chi connectivity index (χ1v) is 7.50. The number of nitrogens with one attached hydrogen (secondary N) is 1. The molecule has 1 amide bonds. The molecular formula is C16H25N3O2. The van der Waals surface area contributed by atoms with Gasteiger partial charge in [-0.05, 0) is 43.4 Å². The molecule has 1 aliphatic rings. The van der Waals surface area contributed by atoms with Crippen molar-refractivity contribution in [3.05, 3.63) is 23.8 Å². The smallest absolute Gasteiger partial charge is 0.253 e. The number of carbonyl (C=O) groups is 1. The van der Waals surface area contributed by atoms with E-state index >= 15 is 0 Å². The Kier molecular flexibility index (Phi) is 5.44. The Morgan fingerprint density at radius 1 is 1.43 bits per heavy atom. The van der Waals surface area contributed by atoms with E-state index < -0.39 is 0 Å². The van der Waals surface area contributed by atoms with Gasteiger partial charge in [0.05, 0.1) is 5.56 Å². The van der Waals surface area contributed by atoms with E-state index in [4.69, 9.17) is 10.5 Å². The molecule has 0 saturated heterocycles. The van der Waals surface area contributed by atoms with E-state index in [0.717, 1.165) is 24.6 Å². The normalized spacial score (nSPS) is 14.0. The van der Waals surface area contributed by atoms with E-state index in [1.54, 1.807) is 12.1 Å². The van der Waals surface area contributed by atoms with Gasteiger partial charge in [-0.3, -0.25) is 4.79 Å². The molecule has 0 unspecified atom stereocenters. The Labute approximate surface area is 126 Å². The lowest BCUT2D eigenvalue weighted by atomic mass is 10.1. The van der Waals surface area contributed by atoms with Gasteiger partial charge in [-0.15, -0.1) is 0 Å². The summed E-state index contributed by atoms with van der Waals surface area (Å²) in [5, 5.41) is 2.92. The molecule has 3 N–H and O–H groups in total. The molecule has 5 nitrogen and oxygen atoms in total. The molecular weight excluding hydrogens is 266 g/mol. The zero-order valence-electron chi connectivity index (χ0n) is 12.9. The van der Waals surface area contributed by atoms with E-state index in [-0.39, 0.29) is 5.91 Å². The maximum absolute atomic E-state index is 12.2. The topological polar surface area (TPSA) is 67.6 Å². The third-order valence-electron chi connectivity index (χ3n) is 3.55. The Morgan fingerprint density at radius 3 is 2.86 bits per heavy atom. The summed E-state index contributed by atoms with van der Waals surface area (Å²) in [5.41, 5.74) is 7.85. The van der Waals surface area contributed by atoms with Crippen LogP contribution < -0.4 is 16.0 Å². The molecule has 0 radical (unpaired) electrons. The number of nitrogens with zero attached hydrogens (tertiary/aromatic N) is 1. The average Bonchev–Trinajstić information content (AvgIpc) is 3.26. The molecule has 1 fully saturated rings. The molecule has 1 aromatic rings. The summed E-state index contributed by atoms with van der Waals surface area (Å²) in [6, 6.07) is 5.38. The number of nitrogen functional groups attached to an aromatic ring is 1. The van der Waals surface area contributed by atoms with E-state index in [1.807, 2.05) is 25.1 Å². The van der Waals surface area contributed by atoms with Crippen molar-refractivity contribution in [2.75, 3.05) is 44.5 Å². The van der Waals surface area contributed by atoms with Crippen LogP contribution in [0.1, 0.15) is 29.6 Å². The van der Waals surface area contributed by atoms with Crippen molar-refractivity contribution in [2.24, 2.45) is 5.92 Å². The lowest BCUT2D eigenvalue weighted by molar-refractivity contribution is 0.0938. The van der Waals surface area contributed by atoms with E-state index in [2.05, 4.69) is 5.32 Å². The minimum atomic E-state index is -0.0896. The zero-order chi connectivity index (χ0) is 15.2. The Morgan fingerprint density at radius 2 is 2.19 bits per heavy atom. The zero-order valence-corrected chi connectivity index (χ0v) is 12.9. The number of hydrogen-bond donors (Lipinski definition) is 2. The highest BCUT2D eigenvalue weighted by molar-refractivity contribution is 6.00. The maximum atomic E-state index is 12.2. The number of ether oxygens (including phenoxy) is 1. The standard InChI is InChI=1S/C16H25N3O2/c1-19(2)15-7-6-13(17)10-14(15)16(20)18-8-3-9-21-11-12-4-5-12/h6-7,10,12H,3-5,8-9,11,17H2,1-2H3,(H,18,20). The first-order chi connectivity index (χ1) is 10.1. The Balaban J connectivity index is 1.77. The number of rotatable bonds is 8. The summed E-state index contributed by atoms with van der Waals surface area (Å²) in [4.78, 5) is 14.1. The summed E-state index contributed by atoms with van der Waals surface area (Å²) in [7, 11) is 3.82. The van der Waals surface area contributed by atoms with Crippen LogP contribution in [0.4, 0.5) is 11.4 Å². The summed E-state index contributed by atoms with van der Waals surface area (Å²) in [6.45, 7) is 2.19. The number of carbonyl (C=O) groups excluding carboxylic acids is 1. The quantitative estimate of drug-likeness (QED) is 0.567. The highest BCUT2D eigenvalue weighted by atomic mass is 16.5. The Bertz CT molecular complexity index is 484. The molecule has 0 aromatic heterocycles. The maximum Gasteiger partial charge on any atom is 0.253 e. The number of nitrogens with two attached hydrogens (primary N) is 1. The summed E-state index contributed by atoms with van der Waals surface area (Å²) in [6.07, 6.45) is 3.44. The van der Waals surface area contributed by atoms with Crippen molar-refractivity contribution < 1.29 is 9.53 Å². The molecule has 0 heterocycles. The van der Waals surface area contributed by atoms with Crippen molar-refractivity contribution in [3.63, 3.8) is 0 Å². The predicted octanol–water partition coefficient (Wildman–Crippen LogP) is 1.88. The first-order valence-electron chi connectivity index (χ1n) is 7.50. The van der Waals surface area contributed by atoms with Crippen LogP contribution in [0, 0.1) is 5.92 Å². The van der Waals surface area contributed by atoms with E-state index in [0.29, 0.717) is 24.4 Å². The van der Waals surface area contributed by atoms with Gasteiger partial charge < -0.3 is 20.7 Å². The lowest BCUT2D eigenvalue weighted by Gasteiger charge is -2.17. The van der Waals surface area contributed by atoms with Gasteiger partial charge in [0.25, 0.3) is 5.91 Å². The summed E-state index contributed by atoms with van der Waals surface area (Å²) < 4.78 is 5.55. The SMILES string of the molecule is CN(C)c1ccc(N)cc1C(=O)NCCCOCC1CC1. The molecule has 0 spiro atoms. The van der Waals surface area contributed by atoms with Gasteiger partial charge in [0, 0.05) is 45.2 Å². The van der Waals surface area contributed by atoms with Gasteiger partial charge in [-0.1, -0.05) is 0 Å². The van der Waals surface area contributed by atoms with Crippen LogP contribution in [0.5, 0.6) is 0 Å². The summed E-state index contributed by atoms with van der Waals surface area (Å²) in [5.74, 6) is 0.697. The average molecular weight is 291 g/mol. The molecule has 21 heavy (non-hydrogen) atoms. The fourth-order valence-electron chi connectivity index (χ4n) is 2.13. The second kappa shape index (κ2) is 7.31. The van der Waals surface area contributed by atoms with Crippen molar-refractivity contribution >= 4 is 17.3 Å². The molecule has 2 rings (SSSR count). The van der Waals surface area contributed by atoms with Crippen LogP contribution in [0.3, 0.4) is 0 Å². The van der Waals surface area contributed by atoms with Gasteiger partial charge in [0.1, 0.15) is 0 Å². The number of hydrogen-bond acceptors (Lipinski definition) is 4. The molecule has 1 aromatic carbocycles. The minimum Gasteiger partial charge on any atom is -0.399 e. The van der Waals surface area contributed by atoms with Crippen molar-refractivity contribution in [1.29, 1.82) is 0 Å². The number of amides is 1. The Hall–Kier alpha value is -1.75. The second-order valence-electron chi connectivity index (χ2n) is 5.80.